The topological polar surface area (TPSA) is 29.3 Å². The quantitative estimate of drug-likeness (QED) is 0.865. The molecule has 1 atom stereocenters. The molecule has 2 rings (SSSR count). The zero-order valence-corrected chi connectivity index (χ0v) is 10.7. The van der Waals surface area contributed by atoms with E-state index in [0.717, 1.165) is 19.1 Å². The first kappa shape index (κ1) is 13.0. The average Bonchev–Trinajstić information content (AvgIpc) is 2.85. The second kappa shape index (κ2) is 5.85. The van der Waals surface area contributed by atoms with Gasteiger partial charge in [-0.05, 0) is 31.2 Å². The molecule has 1 fully saturated rings. The van der Waals surface area contributed by atoms with Crippen molar-refractivity contribution in [3.8, 4) is 0 Å². The van der Waals surface area contributed by atoms with Gasteiger partial charge in [-0.3, -0.25) is 4.90 Å². The lowest BCUT2D eigenvalue weighted by atomic mass is 10.3. The molecule has 86 valence electrons. The van der Waals surface area contributed by atoms with Crippen LogP contribution in [0.25, 0.3) is 0 Å². The monoisotopic (exact) mass is 246 g/mol. The summed E-state index contributed by atoms with van der Waals surface area (Å²) in [5, 5.41) is 2.15. The van der Waals surface area contributed by atoms with Gasteiger partial charge in [-0.15, -0.1) is 23.7 Å². The Morgan fingerprint density at radius 1 is 1.60 bits per heavy atom. The molecule has 0 radical (unpaired) electrons. The number of rotatable bonds is 5. The minimum Gasteiger partial charge on any atom is -0.327 e. The van der Waals surface area contributed by atoms with Gasteiger partial charge >= 0.3 is 0 Å². The van der Waals surface area contributed by atoms with E-state index in [1.54, 1.807) is 0 Å². The highest BCUT2D eigenvalue weighted by atomic mass is 35.5. The van der Waals surface area contributed by atoms with Crippen molar-refractivity contribution in [1.82, 2.24) is 4.90 Å². The predicted molar refractivity (Wildman–Crippen MR) is 68.6 cm³/mol. The Bertz CT molecular complexity index is 270. The van der Waals surface area contributed by atoms with Crippen LogP contribution in [0.1, 0.15) is 24.6 Å². The van der Waals surface area contributed by atoms with E-state index < -0.39 is 0 Å². The molecule has 1 aromatic heterocycles. The molecular formula is C11H19ClN2S. The molecule has 4 heteroatoms. The lowest BCUT2D eigenvalue weighted by molar-refractivity contribution is 0.245. The van der Waals surface area contributed by atoms with Crippen molar-refractivity contribution in [3.63, 3.8) is 0 Å². The predicted octanol–water partition coefficient (Wildman–Crippen LogP) is 2.48. The molecule has 1 aliphatic carbocycles. The van der Waals surface area contributed by atoms with E-state index in [-0.39, 0.29) is 18.4 Å². The molecule has 0 aliphatic heterocycles. The third-order valence-electron chi connectivity index (χ3n) is 2.52. The van der Waals surface area contributed by atoms with Crippen molar-refractivity contribution in [2.45, 2.75) is 38.4 Å². The average molecular weight is 247 g/mol. The van der Waals surface area contributed by atoms with Crippen molar-refractivity contribution in [2.24, 2.45) is 5.73 Å². The van der Waals surface area contributed by atoms with Gasteiger partial charge in [-0.25, -0.2) is 0 Å². The molecule has 0 aromatic carbocycles. The van der Waals surface area contributed by atoms with Crippen LogP contribution in [-0.2, 0) is 6.54 Å². The fraction of sp³-hybridized carbons (Fsp3) is 0.636. The van der Waals surface area contributed by atoms with Crippen LogP contribution >= 0.6 is 23.7 Å². The lowest BCUT2D eigenvalue weighted by Gasteiger charge is -2.23. The lowest BCUT2D eigenvalue weighted by Crippen LogP contribution is -2.36. The Labute approximate surface area is 102 Å². The van der Waals surface area contributed by atoms with Gasteiger partial charge in [-0.2, -0.15) is 0 Å². The van der Waals surface area contributed by atoms with Gasteiger partial charge in [0.15, 0.2) is 0 Å². The van der Waals surface area contributed by atoms with Crippen LogP contribution in [0, 0.1) is 0 Å². The fourth-order valence-electron chi connectivity index (χ4n) is 1.76. The minimum atomic E-state index is 0. The highest BCUT2D eigenvalue weighted by Gasteiger charge is 2.29. The maximum absolute atomic E-state index is 5.85. The zero-order chi connectivity index (χ0) is 9.97. The second-order valence-electron chi connectivity index (χ2n) is 4.22. The molecular weight excluding hydrogens is 228 g/mol. The first-order valence-electron chi connectivity index (χ1n) is 5.27. The maximum atomic E-state index is 5.85. The Balaban J connectivity index is 0.00000112. The molecule has 1 unspecified atom stereocenters. The molecule has 0 bridgehead atoms. The van der Waals surface area contributed by atoms with Crippen LogP contribution in [0.4, 0.5) is 0 Å². The molecule has 1 aliphatic rings. The van der Waals surface area contributed by atoms with Gasteiger partial charge < -0.3 is 5.73 Å². The molecule has 1 saturated carbocycles. The van der Waals surface area contributed by atoms with Crippen LogP contribution in [0.3, 0.4) is 0 Å². The van der Waals surface area contributed by atoms with Gasteiger partial charge in [0, 0.05) is 30.1 Å². The summed E-state index contributed by atoms with van der Waals surface area (Å²) in [6.07, 6.45) is 2.72. The summed E-state index contributed by atoms with van der Waals surface area (Å²) in [7, 11) is 0. The Morgan fingerprint density at radius 3 is 2.80 bits per heavy atom. The van der Waals surface area contributed by atoms with E-state index in [2.05, 4.69) is 29.3 Å². The van der Waals surface area contributed by atoms with E-state index >= 15 is 0 Å². The molecule has 0 spiro atoms. The molecule has 1 heterocycles. The van der Waals surface area contributed by atoms with Crippen LogP contribution in [0.15, 0.2) is 17.5 Å². The third kappa shape index (κ3) is 4.11. The van der Waals surface area contributed by atoms with E-state index in [0.29, 0.717) is 0 Å². The zero-order valence-electron chi connectivity index (χ0n) is 9.06. The van der Waals surface area contributed by atoms with E-state index in [4.69, 9.17) is 5.73 Å². The largest absolute Gasteiger partial charge is 0.327 e. The van der Waals surface area contributed by atoms with Crippen LogP contribution in [0.5, 0.6) is 0 Å². The summed E-state index contributed by atoms with van der Waals surface area (Å²) < 4.78 is 0. The van der Waals surface area contributed by atoms with Gasteiger partial charge in [0.05, 0.1) is 0 Å². The van der Waals surface area contributed by atoms with Crippen molar-refractivity contribution in [1.29, 1.82) is 0 Å². The Kier molecular flexibility index (Phi) is 5.06. The van der Waals surface area contributed by atoms with E-state index in [9.17, 15) is 0 Å². The van der Waals surface area contributed by atoms with Crippen LogP contribution in [0.2, 0.25) is 0 Å². The maximum Gasteiger partial charge on any atom is 0.0331 e. The fourth-order valence-corrected chi connectivity index (χ4v) is 2.48. The Morgan fingerprint density at radius 2 is 2.33 bits per heavy atom. The van der Waals surface area contributed by atoms with Crippen molar-refractivity contribution >= 4 is 23.7 Å². The number of nitrogens with two attached hydrogens (primary N) is 1. The number of hydrogen-bond acceptors (Lipinski definition) is 3. The summed E-state index contributed by atoms with van der Waals surface area (Å²) in [5.74, 6) is 0. The van der Waals surface area contributed by atoms with Gasteiger partial charge in [0.2, 0.25) is 0 Å². The number of thiophene rings is 1. The highest BCUT2D eigenvalue weighted by molar-refractivity contribution is 7.09. The number of halogens is 1. The summed E-state index contributed by atoms with van der Waals surface area (Å²) in [5.41, 5.74) is 5.85. The second-order valence-corrected chi connectivity index (χ2v) is 5.25. The summed E-state index contributed by atoms with van der Waals surface area (Å²) in [6.45, 7) is 4.20. The number of hydrogen-bond donors (Lipinski definition) is 1. The first-order chi connectivity index (χ1) is 6.75. The van der Waals surface area contributed by atoms with Gasteiger partial charge in [-0.1, -0.05) is 6.07 Å². The van der Waals surface area contributed by atoms with Crippen LogP contribution in [-0.4, -0.2) is 23.5 Å². The van der Waals surface area contributed by atoms with Crippen molar-refractivity contribution in [3.05, 3.63) is 22.4 Å². The highest BCUT2D eigenvalue weighted by Crippen LogP contribution is 2.28. The van der Waals surface area contributed by atoms with Crippen molar-refractivity contribution in [2.75, 3.05) is 6.54 Å². The van der Waals surface area contributed by atoms with E-state index in [1.807, 2.05) is 11.3 Å². The number of nitrogens with zero attached hydrogens (tertiary/aromatic N) is 1. The molecule has 15 heavy (non-hydrogen) atoms. The SMILES string of the molecule is CC(N)CN(Cc1cccs1)C1CC1.Cl. The third-order valence-corrected chi connectivity index (χ3v) is 3.39. The molecule has 0 amide bonds. The normalized spacial score (nSPS) is 17.5. The first-order valence-corrected chi connectivity index (χ1v) is 6.15. The van der Waals surface area contributed by atoms with Crippen molar-refractivity contribution < 1.29 is 0 Å². The molecule has 2 nitrogen and oxygen atoms in total. The molecule has 1 aromatic rings. The van der Waals surface area contributed by atoms with E-state index in [1.165, 1.54) is 17.7 Å². The summed E-state index contributed by atoms with van der Waals surface area (Å²) in [4.78, 5) is 3.98. The van der Waals surface area contributed by atoms with Gasteiger partial charge in [0.25, 0.3) is 0 Å². The Hall–Kier alpha value is -0.0900. The summed E-state index contributed by atoms with van der Waals surface area (Å²) in [6, 6.07) is 5.43. The molecule has 2 N–H and O–H groups in total. The van der Waals surface area contributed by atoms with Gasteiger partial charge in [0.1, 0.15) is 0 Å². The summed E-state index contributed by atoms with van der Waals surface area (Å²) >= 11 is 1.84. The standard InChI is InChI=1S/C11H18N2S.ClH/c1-9(12)7-13(10-4-5-10)8-11-3-2-6-14-11;/h2-3,6,9-10H,4-5,7-8,12H2,1H3;1H. The van der Waals surface area contributed by atoms with Crippen LogP contribution < -0.4 is 5.73 Å². The molecule has 0 saturated heterocycles. The minimum absolute atomic E-state index is 0. The smallest absolute Gasteiger partial charge is 0.0331 e.